The molecular formula is C3H18Mg2O5. The van der Waals surface area contributed by atoms with E-state index in [9.17, 15) is 0 Å². The molecule has 10 heavy (non-hydrogen) atoms. The van der Waals surface area contributed by atoms with Crippen LogP contribution in [0.15, 0.2) is 0 Å². The van der Waals surface area contributed by atoms with Gasteiger partial charge in [-0.05, 0) is 0 Å². The molecule has 64 valence electrons. The molecule has 0 radical (unpaired) electrons. The molecule has 0 aromatic carbocycles. The molecule has 7 heteroatoms. The van der Waals surface area contributed by atoms with E-state index < -0.39 is 0 Å². The van der Waals surface area contributed by atoms with Crippen molar-refractivity contribution in [2.24, 2.45) is 0 Å². The van der Waals surface area contributed by atoms with E-state index in [1.165, 1.54) is 0 Å². The molecule has 5 nitrogen and oxygen atoms in total. The van der Waals surface area contributed by atoms with E-state index in [1.54, 1.807) is 0 Å². The Bertz CT molecular complexity index is 14.9. The van der Waals surface area contributed by atoms with Crippen LogP contribution in [0.5, 0.6) is 0 Å². The Morgan fingerprint density at radius 3 is 0.400 bits per heavy atom. The average molecular weight is 183 g/mol. The first kappa shape index (κ1) is 681. The molecule has 0 fully saturated rings. The van der Waals surface area contributed by atoms with Crippen LogP contribution in [0.2, 0.25) is 0 Å². The van der Waals surface area contributed by atoms with Crippen LogP contribution in [0, 0.1) is 0 Å². The van der Waals surface area contributed by atoms with Gasteiger partial charge in [0.2, 0.25) is 0 Å². The zero-order valence-corrected chi connectivity index (χ0v) is 6.53. The maximum Gasteiger partial charge on any atom is 2.00 e. The second kappa shape index (κ2) is 507. The van der Waals surface area contributed by atoms with Crippen molar-refractivity contribution in [2.75, 3.05) is 0 Å². The summed E-state index contributed by atoms with van der Waals surface area (Å²) in [5.74, 6) is 0. The zero-order chi connectivity index (χ0) is 0. The largest absolute Gasteiger partial charge is 2.00 e. The van der Waals surface area contributed by atoms with Crippen molar-refractivity contribution in [3.63, 3.8) is 0 Å². The predicted octanol–water partition coefficient (Wildman–Crippen LogP) is -0.385. The van der Waals surface area contributed by atoms with E-state index in [0.29, 0.717) is 0 Å². The summed E-state index contributed by atoms with van der Waals surface area (Å²) in [7, 11) is 0. The first-order valence-corrected chi connectivity index (χ1v) is 0. The van der Waals surface area contributed by atoms with E-state index in [-0.39, 0.29) is 95.8 Å². The van der Waals surface area contributed by atoms with Gasteiger partial charge in [0.15, 0.2) is 0 Å². The van der Waals surface area contributed by atoms with Gasteiger partial charge in [-0.2, -0.15) is 0 Å². The number of hydrogen-bond donors (Lipinski definition) is 0. The minimum atomic E-state index is 0. The molecule has 0 aliphatic heterocycles. The van der Waals surface area contributed by atoms with E-state index in [0.717, 1.165) is 0 Å². The van der Waals surface area contributed by atoms with Crippen LogP contribution >= 0.6 is 0 Å². The minimum Gasteiger partial charge on any atom is -0.870 e. The standard InChI is InChI=1S/3CH4.2Mg.5H2O/h3*1H4;;;5*1H2/q;;;2*+2;;;;;/p-4. The third-order valence-electron chi connectivity index (χ3n) is 0. The molecule has 0 spiro atoms. The molecule has 6 N–H and O–H groups in total. The summed E-state index contributed by atoms with van der Waals surface area (Å²) in [4.78, 5) is 0. The van der Waals surface area contributed by atoms with Crippen molar-refractivity contribution < 1.29 is 27.4 Å². The molecule has 0 aliphatic carbocycles. The van der Waals surface area contributed by atoms with Crippen LogP contribution in [-0.4, -0.2) is 73.5 Å². The van der Waals surface area contributed by atoms with Crippen molar-refractivity contribution in [1.82, 2.24) is 0 Å². The van der Waals surface area contributed by atoms with Gasteiger partial charge in [0.1, 0.15) is 0 Å². The summed E-state index contributed by atoms with van der Waals surface area (Å²) >= 11 is 0. The van der Waals surface area contributed by atoms with E-state index in [2.05, 4.69) is 0 Å². The van der Waals surface area contributed by atoms with Gasteiger partial charge in [0.25, 0.3) is 0 Å². The summed E-state index contributed by atoms with van der Waals surface area (Å²) in [6.45, 7) is 0. The summed E-state index contributed by atoms with van der Waals surface area (Å²) in [6, 6.07) is 0. The Kier molecular flexibility index (Phi) is 34500. The normalized spacial score (nSPS) is 0. The Balaban J connectivity index is 0. The van der Waals surface area contributed by atoms with Crippen molar-refractivity contribution in [3.8, 4) is 0 Å². The SMILES string of the molecule is C.C.C.O.[Mg+2].[Mg+2].[OH-].[OH-].[OH-].[OH-]. The van der Waals surface area contributed by atoms with Crippen molar-refractivity contribution in [1.29, 1.82) is 0 Å². The first-order chi connectivity index (χ1) is 0. The Hall–Kier alpha value is 1.33. The zero-order valence-electron chi connectivity index (χ0n) is 3.70. The summed E-state index contributed by atoms with van der Waals surface area (Å²) < 4.78 is 0. The predicted molar refractivity (Wildman–Crippen MR) is 43.1 cm³/mol. The maximum atomic E-state index is 0. The average Bonchev–Trinajstić information content (AvgIpc) is 0. The molecule has 0 atom stereocenters. The molecular weight excluding hydrogens is 165 g/mol. The third kappa shape index (κ3) is 365. The van der Waals surface area contributed by atoms with Crippen molar-refractivity contribution >= 4 is 46.1 Å². The molecule has 0 saturated carbocycles. The van der Waals surface area contributed by atoms with Gasteiger partial charge in [-0.3, -0.25) is 0 Å². The smallest absolute Gasteiger partial charge is 0.870 e. The van der Waals surface area contributed by atoms with E-state index in [4.69, 9.17) is 0 Å². The quantitative estimate of drug-likeness (QED) is 0.469. The fourth-order valence-corrected chi connectivity index (χ4v) is 0. The number of hydrogen-bond acceptors (Lipinski definition) is 4. The van der Waals surface area contributed by atoms with Crippen LogP contribution < -0.4 is 0 Å². The monoisotopic (exact) mass is 182 g/mol. The molecule has 0 heterocycles. The van der Waals surface area contributed by atoms with Crippen LogP contribution in [-0.2, 0) is 0 Å². The van der Waals surface area contributed by atoms with Crippen molar-refractivity contribution in [3.05, 3.63) is 0 Å². The van der Waals surface area contributed by atoms with Crippen LogP contribution in [0.3, 0.4) is 0 Å². The maximum absolute atomic E-state index is 0. The summed E-state index contributed by atoms with van der Waals surface area (Å²) in [5, 5.41) is 0. The molecule has 0 rings (SSSR count). The van der Waals surface area contributed by atoms with E-state index in [1.807, 2.05) is 0 Å². The fourth-order valence-electron chi connectivity index (χ4n) is 0. The second-order valence-corrected chi connectivity index (χ2v) is 0. The molecule has 0 bridgehead atoms. The van der Waals surface area contributed by atoms with Gasteiger partial charge in [-0.25, -0.2) is 0 Å². The summed E-state index contributed by atoms with van der Waals surface area (Å²) in [6.07, 6.45) is 0. The molecule has 0 aliphatic rings. The second-order valence-electron chi connectivity index (χ2n) is 0. The topological polar surface area (TPSA) is 152 Å². The third-order valence-corrected chi connectivity index (χ3v) is 0. The van der Waals surface area contributed by atoms with Crippen LogP contribution in [0.25, 0.3) is 0 Å². The Morgan fingerprint density at radius 1 is 0.400 bits per heavy atom. The van der Waals surface area contributed by atoms with Gasteiger partial charge in [0.05, 0.1) is 0 Å². The van der Waals surface area contributed by atoms with Crippen molar-refractivity contribution in [2.45, 2.75) is 22.3 Å². The van der Waals surface area contributed by atoms with E-state index >= 15 is 0 Å². The van der Waals surface area contributed by atoms with Gasteiger partial charge >= 0.3 is 46.1 Å². The first-order valence-electron chi connectivity index (χ1n) is 0. The van der Waals surface area contributed by atoms with Crippen LogP contribution in [0.4, 0.5) is 0 Å². The Morgan fingerprint density at radius 2 is 0.400 bits per heavy atom. The molecule has 0 unspecified atom stereocenters. The Labute approximate surface area is 95.4 Å². The van der Waals surface area contributed by atoms with Gasteiger partial charge < -0.3 is 27.4 Å². The minimum absolute atomic E-state index is 0. The summed E-state index contributed by atoms with van der Waals surface area (Å²) in [5.41, 5.74) is 0. The molecule has 0 saturated heterocycles. The van der Waals surface area contributed by atoms with Gasteiger partial charge in [-0.1, -0.05) is 22.3 Å². The van der Waals surface area contributed by atoms with Crippen LogP contribution in [0.1, 0.15) is 22.3 Å². The van der Waals surface area contributed by atoms with Gasteiger partial charge in [0, 0.05) is 0 Å². The molecule has 0 aromatic heterocycles. The fraction of sp³-hybridized carbons (Fsp3) is 1.00. The molecule has 0 amide bonds. The van der Waals surface area contributed by atoms with Gasteiger partial charge in [-0.15, -0.1) is 0 Å². The number of rotatable bonds is 0. The molecule has 0 aromatic rings.